The van der Waals surface area contributed by atoms with Crippen LogP contribution in [0.25, 0.3) is 22.6 Å². The number of ether oxygens (including phenoxy) is 3. The standard InChI is InChI=1S/C28H31N5O4/c1-19(18-35-3)36-23-15-21(26-30-25-5-4-10-29-27(25)31-26)16-24(17-23)37-22-8-6-20(7-9-22)28(34)33-13-11-32(2)12-14-33/h4-10,15-17,19H,11-14,18H2,1-3H3,(H,29,30,31)/t19-/m0/s1. The summed E-state index contributed by atoms with van der Waals surface area (Å²) in [5.74, 6) is 2.55. The Labute approximate surface area is 216 Å². The molecular formula is C28H31N5O4. The van der Waals surface area contributed by atoms with Crippen molar-refractivity contribution in [3.05, 3.63) is 66.4 Å². The monoisotopic (exact) mass is 501 g/mol. The number of methoxy groups -OCH3 is 1. The van der Waals surface area contributed by atoms with Gasteiger partial charge in [-0.2, -0.15) is 0 Å². The smallest absolute Gasteiger partial charge is 0.253 e. The predicted octanol–water partition coefficient (Wildman–Crippen LogP) is 4.22. The molecule has 4 aromatic rings. The molecule has 0 aliphatic carbocycles. The largest absolute Gasteiger partial charge is 0.488 e. The summed E-state index contributed by atoms with van der Waals surface area (Å²) in [5.41, 5.74) is 2.94. The number of H-pyrrole nitrogens is 1. The molecule has 1 atom stereocenters. The number of piperazine rings is 1. The average Bonchev–Trinajstić information content (AvgIpc) is 3.34. The topological polar surface area (TPSA) is 92.8 Å². The Bertz CT molecular complexity index is 1330. The van der Waals surface area contributed by atoms with Gasteiger partial charge in [-0.3, -0.25) is 4.79 Å². The van der Waals surface area contributed by atoms with Crippen LogP contribution in [0.1, 0.15) is 17.3 Å². The number of fused-ring (bicyclic) bond motifs is 1. The summed E-state index contributed by atoms with van der Waals surface area (Å²) in [6, 6.07) is 16.6. The van der Waals surface area contributed by atoms with E-state index >= 15 is 0 Å². The number of rotatable bonds is 8. The second-order valence-corrected chi connectivity index (χ2v) is 9.26. The molecular weight excluding hydrogens is 470 g/mol. The van der Waals surface area contributed by atoms with Crippen LogP contribution in [0.15, 0.2) is 60.8 Å². The van der Waals surface area contributed by atoms with E-state index in [0.717, 1.165) is 37.3 Å². The number of amides is 1. The number of hydrogen-bond acceptors (Lipinski definition) is 7. The van der Waals surface area contributed by atoms with Crippen molar-refractivity contribution < 1.29 is 19.0 Å². The molecule has 1 fully saturated rings. The highest BCUT2D eigenvalue weighted by molar-refractivity contribution is 5.94. The van der Waals surface area contributed by atoms with E-state index in [1.165, 1.54) is 0 Å². The van der Waals surface area contributed by atoms with Gasteiger partial charge in [0.2, 0.25) is 0 Å². The molecule has 5 rings (SSSR count). The molecule has 9 heteroatoms. The molecule has 0 unspecified atom stereocenters. The van der Waals surface area contributed by atoms with Gasteiger partial charge in [0.1, 0.15) is 34.7 Å². The summed E-state index contributed by atoms with van der Waals surface area (Å²) < 4.78 is 17.5. The number of aromatic nitrogens is 3. The number of aromatic amines is 1. The molecule has 1 saturated heterocycles. The molecule has 0 bridgehead atoms. The quantitative estimate of drug-likeness (QED) is 0.386. The van der Waals surface area contributed by atoms with E-state index in [4.69, 9.17) is 14.2 Å². The van der Waals surface area contributed by atoms with Crippen LogP contribution in [-0.4, -0.2) is 83.7 Å². The van der Waals surface area contributed by atoms with Gasteiger partial charge in [0.05, 0.1) is 6.61 Å². The van der Waals surface area contributed by atoms with Crippen LogP contribution in [0, 0.1) is 0 Å². The number of nitrogens with one attached hydrogen (secondary N) is 1. The summed E-state index contributed by atoms with van der Waals surface area (Å²) in [5, 5.41) is 0. The lowest BCUT2D eigenvalue weighted by molar-refractivity contribution is 0.0664. The van der Waals surface area contributed by atoms with Crippen LogP contribution in [0.5, 0.6) is 17.2 Å². The zero-order valence-electron chi connectivity index (χ0n) is 21.3. The Kier molecular flexibility index (Phi) is 7.34. The lowest BCUT2D eigenvalue weighted by Gasteiger charge is -2.32. The van der Waals surface area contributed by atoms with E-state index in [-0.39, 0.29) is 12.0 Å². The minimum Gasteiger partial charge on any atom is -0.488 e. The number of nitrogens with zero attached hydrogens (tertiary/aromatic N) is 4. The SMILES string of the molecule is COC[C@H](C)Oc1cc(Oc2ccc(C(=O)N3CCN(C)CC3)cc2)cc(-c2nc3cccnc3[nH]2)c1. The number of imidazole rings is 1. The second kappa shape index (κ2) is 11.0. The van der Waals surface area contributed by atoms with Gasteiger partial charge < -0.3 is 29.0 Å². The van der Waals surface area contributed by atoms with Crippen molar-refractivity contribution in [2.24, 2.45) is 0 Å². The Morgan fingerprint density at radius 2 is 1.78 bits per heavy atom. The van der Waals surface area contributed by atoms with Crippen LogP contribution >= 0.6 is 0 Å². The summed E-state index contributed by atoms with van der Waals surface area (Å²) in [6.45, 7) is 5.65. The van der Waals surface area contributed by atoms with Crippen molar-refractivity contribution in [3.8, 4) is 28.6 Å². The van der Waals surface area contributed by atoms with Crippen molar-refractivity contribution >= 4 is 17.1 Å². The fourth-order valence-corrected chi connectivity index (χ4v) is 4.31. The first kappa shape index (κ1) is 24.7. The number of carbonyl (C=O) groups is 1. The van der Waals surface area contributed by atoms with E-state index in [0.29, 0.717) is 40.9 Å². The van der Waals surface area contributed by atoms with E-state index < -0.39 is 0 Å². The first-order chi connectivity index (χ1) is 18.0. The molecule has 2 aromatic heterocycles. The van der Waals surface area contributed by atoms with Gasteiger partial charge in [-0.15, -0.1) is 0 Å². The van der Waals surface area contributed by atoms with Gasteiger partial charge >= 0.3 is 0 Å². The van der Waals surface area contributed by atoms with Gasteiger partial charge in [0.25, 0.3) is 5.91 Å². The normalized spacial score (nSPS) is 15.1. The van der Waals surface area contributed by atoms with Gasteiger partial charge in [0.15, 0.2) is 5.65 Å². The third-order valence-corrected chi connectivity index (χ3v) is 6.28. The van der Waals surface area contributed by atoms with Crippen molar-refractivity contribution in [2.75, 3.05) is 46.9 Å². The minimum absolute atomic E-state index is 0.0444. The molecule has 9 nitrogen and oxygen atoms in total. The number of likely N-dealkylation sites (N-methyl/N-ethyl adjacent to an activating group) is 1. The molecule has 192 valence electrons. The molecule has 37 heavy (non-hydrogen) atoms. The molecule has 0 spiro atoms. The number of pyridine rings is 1. The zero-order chi connectivity index (χ0) is 25.8. The van der Waals surface area contributed by atoms with Crippen LogP contribution in [-0.2, 0) is 4.74 Å². The van der Waals surface area contributed by atoms with Gasteiger partial charge in [-0.1, -0.05) is 0 Å². The molecule has 1 aliphatic rings. The molecule has 1 amide bonds. The fourth-order valence-electron chi connectivity index (χ4n) is 4.31. The lowest BCUT2D eigenvalue weighted by Crippen LogP contribution is -2.47. The number of benzene rings is 2. The highest BCUT2D eigenvalue weighted by Crippen LogP contribution is 2.33. The Hall–Kier alpha value is -3.95. The molecule has 2 aromatic carbocycles. The van der Waals surface area contributed by atoms with Crippen LogP contribution in [0.2, 0.25) is 0 Å². The van der Waals surface area contributed by atoms with Crippen molar-refractivity contribution in [3.63, 3.8) is 0 Å². The molecule has 1 aliphatic heterocycles. The van der Waals surface area contributed by atoms with Gasteiger partial charge in [-0.25, -0.2) is 9.97 Å². The maximum absolute atomic E-state index is 12.9. The predicted molar refractivity (Wildman–Crippen MR) is 141 cm³/mol. The third kappa shape index (κ3) is 5.90. The summed E-state index contributed by atoms with van der Waals surface area (Å²) in [6.07, 6.45) is 1.58. The van der Waals surface area contributed by atoms with E-state index in [1.54, 1.807) is 13.3 Å². The van der Waals surface area contributed by atoms with Crippen molar-refractivity contribution in [2.45, 2.75) is 13.0 Å². The highest BCUT2D eigenvalue weighted by Gasteiger charge is 2.20. The fraction of sp³-hybridized carbons (Fsp3) is 0.321. The zero-order valence-corrected chi connectivity index (χ0v) is 21.3. The van der Waals surface area contributed by atoms with E-state index in [9.17, 15) is 4.79 Å². The maximum atomic E-state index is 12.9. The molecule has 1 N–H and O–H groups in total. The molecule has 0 saturated carbocycles. The highest BCUT2D eigenvalue weighted by atomic mass is 16.5. The van der Waals surface area contributed by atoms with Crippen LogP contribution in [0.3, 0.4) is 0 Å². The Balaban J connectivity index is 1.38. The van der Waals surface area contributed by atoms with Crippen molar-refractivity contribution in [1.82, 2.24) is 24.8 Å². The van der Waals surface area contributed by atoms with E-state index in [1.807, 2.05) is 66.4 Å². The van der Waals surface area contributed by atoms with E-state index in [2.05, 4.69) is 26.9 Å². The minimum atomic E-state index is -0.148. The molecule has 3 heterocycles. The van der Waals surface area contributed by atoms with Gasteiger partial charge in [-0.05, 0) is 62.5 Å². The van der Waals surface area contributed by atoms with Crippen molar-refractivity contribution in [1.29, 1.82) is 0 Å². The number of hydrogen-bond donors (Lipinski definition) is 1. The lowest BCUT2D eigenvalue weighted by atomic mass is 10.1. The van der Waals surface area contributed by atoms with Gasteiger partial charge in [0, 0.05) is 56.7 Å². The van der Waals surface area contributed by atoms with Crippen LogP contribution < -0.4 is 9.47 Å². The summed E-state index contributed by atoms with van der Waals surface area (Å²) in [4.78, 5) is 29.3. The van der Waals surface area contributed by atoms with Crippen LogP contribution in [0.4, 0.5) is 0 Å². The summed E-state index contributed by atoms with van der Waals surface area (Å²) >= 11 is 0. The summed E-state index contributed by atoms with van der Waals surface area (Å²) in [7, 11) is 3.72. The first-order valence-corrected chi connectivity index (χ1v) is 12.4. The average molecular weight is 502 g/mol. The first-order valence-electron chi connectivity index (χ1n) is 12.4. The molecule has 0 radical (unpaired) electrons. The Morgan fingerprint density at radius 1 is 1.03 bits per heavy atom. The maximum Gasteiger partial charge on any atom is 0.253 e. The second-order valence-electron chi connectivity index (χ2n) is 9.26. The third-order valence-electron chi connectivity index (χ3n) is 6.28. The Morgan fingerprint density at radius 3 is 2.51 bits per heavy atom. The number of carbonyl (C=O) groups excluding carboxylic acids is 1.